The van der Waals surface area contributed by atoms with Crippen LogP contribution in [0.25, 0.3) is 0 Å². The van der Waals surface area contributed by atoms with E-state index in [1.165, 1.54) is 11.3 Å². The molecule has 6 nitrogen and oxygen atoms in total. The van der Waals surface area contributed by atoms with Crippen LogP contribution in [-0.4, -0.2) is 49.0 Å². The molecule has 16 heavy (non-hydrogen) atoms. The van der Waals surface area contributed by atoms with Crippen LogP contribution in [0.15, 0.2) is 0 Å². The smallest absolute Gasteiger partial charge is 0.369 e. The average molecular weight is 242 g/mol. The molecule has 0 atom stereocenters. The molecule has 0 radical (unpaired) electrons. The van der Waals surface area contributed by atoms with Crippen molar-refractivity contribution >= 4 is 22.4 Å². The van der Waals surface area contributed by atoms with Crippen molar-refractivity contribution in [2.24, 2.45) is 0 Å². The molecule has 0 aromatic carbocycles. The van der Waals surface area contributed by atoms with Crippen LogP contribution in [0.3, 0.4) is 0 Å². The third-order valence-electron chi connectivity index (χ3n) is 2.25. The largest absolute Gasteiger partial charge is 0.461 e. The topological polar surface area (TPSA) is 67.3 Å². The monoisotopic (exact) mass is 242 g/mol. The number of hydrogen-bond acceptors (Lipinski definition) is 7. The molecule has 88 valence electrons. The van der Waals surface area contributed by atoms with Gasteiger partial charge in [-0.05, 0) is 6.92 Å². The lowest BCUT2D eigenvalue weighted by molar-refractivity contribution is 0.0525. The van der Waals surface area contributed by atoms with Gasteiger partial charge in [-0.25, -0.2) is 4.79 Å². The Morgan fingerprint density at radius 3 is 2.94 bits per heavy atom. The third kappa shape index (κ3) is 2.48. The van der Waals surface area contributed by atoms with Crippen molar-refractivity contribution in [1.29, 1.82) is 0 Å². The molecule has 0 unspecified atom stereocenters. The van der Waals surface area contributed by atoms with Gasteiger partial charge in [-0.15, -0.1) is 10.2 Å². The van der Waals surface area contributed by atoms with Crippen molar-refractivity contribution in [3.63, 3.8) is 0 Å². The minimum Gasteiger partial charge on any atom is -0.461 e. The fraction of sp³-hybridized carbons (Fsp3) is 0.667. The van der Waals surface area contributed by atoms with E-state index < -0.39 is 0 Å². The summed E-state index contributed by atoms with van der Waals surface area (Å²) in [5.41, 5.74) is 0. The van der Waals surface area contributed by atoms with Gasteiger partial charge in [0.2, 0.25) is 10.1 Å². The molecule has 1 N–H and O–H groups in total. The van der Waals surface area contributed by atoms with Crippen molar-refractivity contribution < 1.29 is 9.53 Å². The lowest BCUT2D eigenvalue weighted by atomic mass is 10.4. The summed E-state index contributed by atoms with van der Waals surface area (Å²) in [5, 5.41) is 12.2. The minimum absolute atomic E-state index is 0.329. The Morgan fingerprint density at radius 2 is 2.25 bits per heavy atom. The van der Waals surface area contributed by atoms with Crippen molar-refractivity contribution in [1.82, 2.24) is 15.5 Å². The summed E-state index contributed by atoms with van der Waals surface area (Å²) < 4.78 is 4.87. The molecular weight excluding hydrogens is 228 g/mol. The zero-order chi connectivity index (χ0) is 11.4. The molecule has 2 heterocycles. The average Bonchev–Trinajstić information content (AvgIpc) is 2.80. The fourth-order valence-corrected chi connectivity index (χ4v) is 2.26. The maximum absolute atomic E-state index is 11.4. The first kappa shape index (κ1) is 11.3. The maximum atomic E-state index is 11.4. The lowest BCUT2D eigenvalue weighted by Crippen LogP contribution is -2.43. The second-order valence-electron chi connectivity index (χ2n) is 3.35. The molecule has 1 saturated heterocycles. The van der Waals surface area contributed by atoms with Crippen LogP contribution in [0.5, 0.6) is 0 Å². The summed E-state index contributed by atoms with van der Waals surface area (Å²) in [5.74, 6) is -0.388. The van der Waals surface area contributed by atoms with Crippen LogP contribution in [0, 0.1) is 0 Å². The Bertz CT molecular complexity index is 362. The fourth-order valence-electron chi connectivity index (χ4n) is 1.47. The number of anilines is 1. The van der Waals surface area contributed by atoms with E-state index >= 15 is 0 Å². The predicted molar refractivity (Wildman–Crippen MR) is 60.9 cm³/mol. The number of carbonyl (C=O) groups is 1. The maximum Gasteiger partial charge on any atom is 0.369 e. The van der Waals surface area contributed by atoms with E-state index in [2.05, 4.69) is 20.4 Å². The first-order valence-electron chi connectivity index (χ1n) is 5.27. The quantitative estimate of drug-likeness (QED) is 0.760. The number of piperazine rings is 1. The number of nitrogens with zero attached hydrogens (tertiary/aromatic N) is 3. The number of aromatic nitrogens is 2. The number of esters is 1. The second-order valence-corrected chi connectivity index (χ2v) is 4.30. The van der Waals surface area contributed by atoms with Crippen molar-refractivity contribution in [3.05, 3.63) is 5.01 Å². The Labute approximate surface area is 97.6 Å². The van der Waals surface area contributed by atoms with Crippen LogP contribution in [0.1, 0.15) is 16.7 Å². The van der Waals surface area contributed by atoms with Crippen molar-refractivity contribution in [2.45, 2.75) is 6.92 Å². The van der Waals surface area contributed by atoms with Crippen LogP contribution < -0.4 is 10.2 Å². The van der Waals surface area contributed by atoms with Gasteiger partial charge in [0.1, 0.15) is 0 Å². The number of rotatable bonds is 3. The molecule has 1 fully saturated rings. The number of nitrogens with one attached hydrogen (secondary N) is 1. The SMILES string of the molecule is CCOC(=O)c1nnc(N2CCNCC2)s1. The van der Waals surface area contributed by atoms with Crippen LogP contribution in [0.4, 0.5) is 5.13 Å². The summed E-state index contributed by atoms with van der Waals surface area (Å²) in [6.45, 7) is 5.81. The van der Waals surface area contributed by atoms with E-state index in [-0.39, 0.29) is 5.97 Å². The van der Waals surface area contributed by atoms with Gasteiger partial charge in [-0.3, -0.25) is 0 Å². The summed E-state index contributed by atoms with van der Waals surface area (Å²) in [7, 11) is 0. The summed E-state index contributed by atoms with van der Waals surface area (Å²) in [6, 6.07) is 0. The second kappa shape index (κ2) is 5.22. The Morgan fingerprint density at radius 1 is 1.50 bits per heavy atom. The van der Waals surface area contributed by atoms with Gasteiger partial charge >= 0.3 is 5.97 Å². The molecule has 1 aliphatic heterocycles. The highest BCUT2D eigenvalue weighted by molar-refractivity contribution is 7.17. The van der Waals surface area contributed by atoms with Crippen LogP contribution >= 0.6 is 11.3 Å². The number of hydrogen-bond donors (Lipinski definition) is 1. The molecule has 0 amide bonds. The normalized spacial score (nSPS) is 16.2. The van der Waals surface area contributed by atoms with Crippen LogP contribution in [0.2, 0.25) is 0 Å². The van der Waals surface area contributed by atoms with Crippen molar-refractivity contribution in [2.75, 3.05) is 37.7 Å². The lowest BCUT2D eigenvalue weighted by Gasteiger charge is -2.26. The number of ether oxygens (including phenoxy) is 1. The zero-order valence-corrected chi connectivity index (χ0v) is 9.92. The highest BCUT2D eigenvalue weighted by Gasteiger charge is 2.18. The zero-order valence-electron chi connectivity index (χ0n) is 9.10. The molecule has 1 aromatic rings. The van der Waals surface area contributed by atoms with E-state index in [0.717, 1.165) is 31.3 Å². The Balaban J connectivity index is 2.03. The Kier molecular flexibility index (Phi) is 3.68. The van der Waals surface area contributed by atoms with Gasteiger partial charge in [-0.2, -0.15) is 0 Å². The Hall–Kier alpha value is -1.21. The first-order chi connectivity index (χ1) is 7.81. The summed E-state index contributed by atoms with van der Waals surface area (Å²) in [6.07, 6.45) is 0. The number of carbonyl (C=O) groups excluding carboxylic acids is 1. The first-order valence-corrected chi connectivity index (χ1v) is 6.09. The molecular formula is C9H14N4O2S. The molecule has 0 bridgehead atoms. The predicted octanol–water partition coefficient (Wildman–Crippen LogP) is 0.124. The summed E-state index contributed by atoms with van der Waals surface area (Å²) in [4.78, 5) is 13.5. The van der Waals surface area contributed by atoms with E-state index in [1.807, 2.05) is 0 Å². The third-order valence-corrected chi connectivity index (χ3v) is 3.22. The van der Waals surface area contributed by atoms with E-state index in [1.54, 1.807) is 6.92 Å². The van der Waals surface area contributed by atoms with Gasteiger partial charge in [0.25, 0.3) is 0 Å². The van der Waals surface area contributed by atoms with Gasteiger partial charge in [0.15, 0.2) is 0 Å². The molecule has 2 rings (SSSR count). The molecule has 0 spiro atoms. The molecule has 0 aliphatic carbocycles. The van der Waals surface area contributed by atoms with Gasteiger partial charge in [0.05, 0.1) is 6.61 Å². The van der Waals surface area contributed by atoms with E-state index in [9.17, 15) is 4.79 Å². The summed E-state index contributed by atoms with van der Waals surface area (Å²) >= 11 is 1.29. The van der Waals surface area contributed by atoms with Gasteiger partial charge in [0, 0.05) is 26.2 Å². The highest BCUT2D eigenvalue weighted by Crippen LogP contribution is 2.20. The van der Waals surface area contributed by atoms with Crippen LogP contribution in [-0.2, 0) is 4.74 Å². The molecule has 1 aliphatic rings. The minimum atomic E-state index is -0.388. The van der Waals surface area contributed by atoms with Crippen molar-refractivity contribution in [3.8, 4) is 0 Å². The van der Waals surface area contributed by atoms with E-state index in [0.29, 0.717) is 11.6 Å². The van der Waals surface area contributed by atoms with Gasteiger partial charge < -0.3 is 15.0 Å². The molecule has 1 aromatic heterocycles. The standard InChI is InChI=1S/C9H14N4O2S/c1-2-15-8(14)7-11-12-9(16-7)13-5-3-10-4-6-13/h10H,2-6H2,1H3. The molecule has 7 heteroatoms. The van der Waals surface area contributed by atoms with E-state index in [4.69, 9.17) is 4.74 Å². The van der Waals surface area contributed by atoms with Gasteiger partial charge in [-0.1, -0.05) is 11.3 Å². The highest BCUT2D eigenvalue weighted by atomic mass is 32.1. The molecule has 0 saturated carbocycles.